The zero-order valence-corrected chi connectivity index (χ0v) is 16.0. The number of imidazole rings is 1. The maximum absolute atomic E-state index is 11.0. The Kier molecular flexibility index (Phi) is 5.74. The molecular weight excluding hydrogens is 378 g/mol. The molecule has 3 N–H and O–H groups in total. The number of nitrogens with zero attached hydrogens (tertiary/aromatic N) is 4. The van der Waals surface area contributed by atoms with Gasteiger partial charge < -0.3 is 14.6 Å². The molecule has 0 aromatic carbocycles. The molecule has 0 bridgehead atoms. The highest BCUT2D eigenvalue weighted by Gasteiger charge is 2.46. The Hall–Kier alpha value is -1.70. The minimum atomic E-state index is -4.15. The van der Waals surface area contributed by atoms with E-state index in [0.29, 0.717) is 17.1 Å². The summed E-state index contributed by atoms with van der Waals surface area (Å²) in [5, 5.41) is 15.3. The minimum Gasteiger partial charge on any atom is -0.387 e. The van der Waals surface area contributed by atoms with Gasteiger partial charge in [-0.2, -0.15) is 8.42 Å². The van der Waals surface area contributed by atoms with Crippen molar-refractivity contribution >= 4 is 21.5 Å². The topological polar surface area (TPSA) is 152 Å². The number of rotatable bonds is 7. The van der Waals surface area contributed by atoms with Gasteiger partial charge in [-0.15, -0.1) is 0 Å². The first kappa shape index (κ1) is 20.0. The highest BCUT2D eigenvalue weighted by molar-refractivity contribution is 7.84. The molecule has 3 heterocycles. The van der Waals surface area contributed by atoms with E-state index in [9.17, 15) is 13.5 Å². The molecule has 1 aliphatic rings. The summed E-state index contributed by atoms with van der Waals surface area (Å²) in [4.78, 5) is 13.0. The van der Waals surface area contributed by atoms with Gasteiger partial charge in [0.1, 0.15) is 30.2 Å². The third-order valence-corrected chi connectivity index (χ3v) is 4.76. The van der Waals surface area contributed by atoms with Crippen LogP contribution in [0, 0.1) is 5.92 Å². The average molecular weight is 401 g/mol. The number of methoxy groups -OCH3 is 1. The van der Waals surface area contributed by atoms with E-state index in [0.717, 1.165) is 12.1 Å². The molecule has 0 radical (unpaired) electrons. The summed E-state index contributed by atoms with van der Waals surface area (Å²) in [6.45, 7) is 3.73. The van der Waals surface area contributed by atoms with Gasteiger partial charge in [0.05, 0.1) is 18.6 Å². The van der Waals surface area contributed by atoms with Crippen molar-refractivity contribution in [3.63, 3.8) is 0 Å². The summed E-state index contributed by atoms with van der Waals surface area (Å²) < 4.78 is 39.4. The van der Waals surface area contributed by atoms with Crippen molar-refractivity contribution in [1.29, 1.82) is 0 Å². The average Bonchev–Trinajstić information content (AvgIpc) is 3.13. The molecule has 0 saturated carbocycles. The Labute approximate surface area is 156 Å². The van der Waals surface area contributed by atoms with E-state index in [4.69, 9.17) is 14.6 Å². The summed E-state index contributed by atoms with van der Waals surface area (Å²) in [5.74, 6) is 0.393. The molecule has 1 fully saturated rings. The van der Waals surface area contributed by atoms with Gasteiger partial charge in [-0.05, 0) is 12.3 Å². The maximum atomic E-state index is 11.0. The van der Waals surface area contributed by atoms with Crippen LogP contribution in [0.1, 0.15) is 25.8 Å². The SMILES string of the molecule is CO[C@H]1[C@H](O)[C@@H](COS(N)(=O)=O)O[C@H]1n1cnc2c(CC(C)C)ncnc21. The van der Waals surface area contributed by atoms with Crippen LogP contribution in [0.5, 0.6) is 0 Å². The summed E-state index contributed by atoms with van der Waals surface area (Å²) >= 11 is 0. The van der Waals surface area contributed by atoms with Crippen LogP contribution in [0.3, 0.4) is 0 Å². The van der Waals surface area contributed by atoms with Crippen molar-refractivity contribution in [3.05, 3.63) is 18.3 Å². The third-order valence-electron chi connectivity index (χ3n) is 4.29. The van der Waals surface area contributed by atoms with Crippen molar-refractivity contribution in [2.24, 2.45) is 11.1 Å². The number of aliphatic hydroxyl groups is 1. The number of fused-ring (bicyclic) bond motifs is 1. The number of aromatic nitrogens is 4. The lowest BCUT2D eigenvalue weighted by Crippen LogP contribution is -2.36. The highest BCUT2D eigenvalue weighted by atomic mass is 32.2. The third kappa shape index (κ3) is 4.25. The van der Waals surface area contributed by atoms with Crippen LogP contribution in [-0.4, -0.2) is 65.1 Å². The lowest BCUT2D eigenvalue weighted by Gasteiger charge is -2.19. The van der Waals surface area contributed by atoms with Gasteiger partial charge in [0.15, 0.2) is 11.9 Å². The minimum absolute atomic E-state index is 0.393. The summed E-state index contributed by atoms with van der Waals surface area (Å²) in [7, 11) is -2.73. The van der Waals surface area contributed by atoms with Gasteiger partial charge in [0, 0.05) is 7.11 Å². The predicted octanol–water partition coefficient (Wildman–Crippen LogP) is -0.482. The van der Waals surface area contributed by atoms with Crippen molar-refractivity contribution in [2.45, 2.75) is 44.8 Å². The van der Waals surface area contributed by atoms with Gasteiger partial charge >= 0.3 is 10.3 Å². The Bertz CT molecular complexity index is 901. The zero-order chi connectivity index (χ0) is 19.8. The molecule has 1 saturated heterocycles. The van der Waals surface area contributed by atoms with Gasteiger partial charge in [-0.25, -0.2) is 20.1 Å². The highest BCUT2D eigenvalue weighted by Crippen LogP contribution is 2.33. The molecule has 150 valence electrons. The van der Waals surface area contributed by atoms with Gasteiger partial charge in [-0.1, -0.05) is 13.8 Å². The van der Waals surface area contributed by atoms with Crippen LogP contribution in [0.15, 0.2) is 12.7 Å². The van der Waals surface area contributed by atoms with Crippen LogP contribution < -0.4 is 5.14 Å². The van der Waals surface area contributed by atoms with Gasteiger partial charge in [0.25, 0.3) is 0 Å². The summed E-state index contributed by atoms with van der Waals surface area (Å²) in [6.07, 6.45) is 0.0975. The van der Waals surface area contributed by atoms with Crippen LogP contribution >= 0.6 is 0 Å². The fraction of sp³-hybridized carbons (Fsp3) is 0.667. The molecule has 27 heavy (non-hydrogen) atoms. The number of aliphatic hydroxyl groups excluding tert-OH is 1. The van der Waals surface area contributed by atoms with E-state index in [-0.39, 0.29) is 0 Å². The normalized spacial score (nSPS) is 26.3. The Morgan fingerprint density at radius 2 is 2.11 bits per heavy atom. The first-order valence-electron chi connectivity index (χ1n) is 8.41. The molecule has 12 heteroatoms. The zero-order valence-electron chi connectivity index (χ0n) is 15.2. The van der Waals surface area contributed by atoms with Gasteiger partial charge in [-0.3, -0.25) is 8.75 Å². The molecule has 0 aliphatic carbocycles. The molecule has 0 spiro atoms. The van der Waals surface area contributed by atoms with Crippen molar-refractivity contribution in [2.75, 3.05) is 13.7 Å². The van der Waals surface area contributed by atoms with E-state index in [2.05, 4.69) is 33.0 Å². The van der Waals surface area contributed by atoms with Crippen LogP contribution in [0.25, 0.3) is 11.2 Å². The molecule has 1 aliphatic heterocycles. The Morgan fingerprint density at radius 3 is 2.74 bits per heavy atom. The molecule has 2 aromatic heterocycles. The monoisotopic (exact) mass is 401 g/mol. The second kappa shape index (κ2) is 7.73. The maximum Gasteiger partial charge on any atom is 0.333 e. The number of hydrogen-bond donors (Lipinski definition) is 2. The largest absolute Gasteiger partial charge is 0.387 e. The van der Waals surface area contributed by atoms with Crippen LogP contribution in [0.2, 0.25) is 0 Å². The lowest BCUT2D eigenvalue weighted by atomic mass is 10.1. The fourth-order valence-electron chi connectivity index (χ4n) is 3.12. The lowest BCUT2D eigenvalue weighted by molar-refractivity contribution is -0.0556. The van der Waals surface area contributed by atoms with Gasteiger partial charge in [0.2, 0.25) is 0 Å². The molecule has 0 amide bonds. The number of ether oxygens (including phenoxy) is 2. The van der Waals surface area contributed by atoms with E-state index in [1.54, 1.807) is 4.57 Å². The summed E-state index contributed by atoms with van der Waals surface area (Å²) in [6, 6.07) is 0. The van der Waals surface area contributed by atoms with Crippen molar-refractivity contribution in [1.82, 2.24) is 19.5 Å². The van der Waals surface area contributed by atoms with Crippen LogP contribution in [0.4, 0.5) is 0 Å². The summed E-state index contributed by atoms with van der Waals surface area (Å²) in [5.41, 5.74) is 1.99. The fourth-order valence-corrected chi connectivity index (χ4v) is 3.44. The van der Waals surface area contributed by atoms with Crippen molar-refractivity contribution < 1.29 is 27.2 Å². The second-order valence-corrected chi connectivity index (χ2v) is 8.00. The smallest absolute Gasteiger partial charge is 0.333 e. The van der Waals surface area contributed by atoms with Crippen molar-refractivity contribution in [3.8, 4) is 0 Å². The number of hydrogen-bond acceptors (Lipinski definition) is 9. The van der Waals surface area contributed by atoms with E-state index in [1.807, 2.05) is 0 Å². The second-order valence-electron chi connectivity index (χ2n) is 6.78. The molecule has 2 aromatic rings. The molecular formula is C15H23N5O6S. The molecule has 3 rings (SSSR count). The Balaban J connectivity index is 1.90. The van der Waals surface area contributed by atoms with E-state index >= 15 is 0 Å². The first-order chi connectivity index (χ1) is 12.7. The first-order valence-corrected chi connectivity index (χ1v) is 9.88. The molecule has 4 atom stereocenters. The van der Waals surface area contributed by atoms with Crippen LogP contribution in [-0.2, 0) is 30.4 Å². The number of nitrogens with two attached hydrogens (primary N) is 1. The van der Waals surface area contributed by atoms with E-state index < -0.39 is 41.5 Å². The predicted molar refractivity (Wildman–Crippen MR) is 93.6 cm³/mol. The quantitative estimate of drug-likeness (QED) is 0.626. The standard InChI is InChI=1S/C15H23N5O6S/c1-8(2)4-9-11-14(18-6-17-9)20(7-19-11)15-13(24-3)12(21)10(26-15)5-25-27(16,22)23/h6-8,10,12-13,15,21H,4-5H2,1-3H3,(H2,16,22,23)/t10-,12-,13+,15-/m1/s1. The molecule has 0 unspecified atom stereocenters. The molecule has 11 nitrogen and oxygen atoms in total. The Morgan fingerprint density at radius 1 is 1.37 bits per heavy atom. The van der Waals surface area contributed by atoms with E-state index in [1.165, 1.54) is 19.8 Å².